The van der Waals surface area contributed by atoms with E-state index < -0.39 is 14.1 Å². The zero-order chi connectivity index (χ0) is 6.69. The molecule has 2 heteroatoms. The normalized spacial score (nSPS) is 9.11. The summed E-state index contributed by atoms with van der Waals surface area (Å²) in [6.07, 6.45) is 1.86. The molecular formula is C7H10AlN. The smallest absolute Gasteiger partial charge is 0.280 e. The van der Waals surface area contributed by atoms with Crippen molar-refractivity contribution in [1.29, 1.82) is 0 Å². The summed E-state index contributed by atoms with van der Waals surface area (Å²) in [6, 6.07) is 6.12. The molecule has 0 aliphatic heterocycles. The summed E-state index contributed by atoms with van der Waals surface area (Å²) in [5.74, 6) is 4.56. The SMILES string of the molecule is [CH3][Al]([CH3])[c]1ccccn1. The third-order valence-electron chi connectivity index (χ3n) is 1.28. The first-order valence-corrected chi connectivity index (χ1v) is 6.10. The molecule has 0 aliphatic rings. The molecule has 0 atom stereocenters. The Hall–Kier alpha value is -0.318. The maximum atomic E-state index is 4.24. The lowest BCUT2D eigenvalue weighted by atomic mass is 10.5. The second-order valence-electron chi connectivity index (χ2n) is 2.41. The average Bonchev–Trinajstić information content (AvgIpc) is 1.90. The standard InChI is InChI=1S/C5H4N.2CH3.Al/c1-2-4-6-5-3-1;;;/h1-4H;2*1H3;. The first-order chi connectivity index (χ1) is 4.30. The molecule has 1 nitrogen and oxygen atoms in total. The lowest BCUT2D eigenvalue weighted by Gasteiger charge is -1.95. The van der Waals surface area contributed by atoms with Crippen molar-refractivity contribution in [2.75, 3.05) is 0 Å². The molecule has 1 aromatic heterocycles. The van der Waals surface area contributed by atoms with Crippen LogP contribution < -0.4 is 4.56 Å². The van der Waals surface area contributed by atoms with E-state index >= 15 is 0 Å². The highest BCUT2D eigenvalue weighted by Gasteiger charge is 2.04. The van der Waals surface area contributed by atoms with Gasteiger partial charge in [0, 0.05) is 6.20 Å². The summed E-state index contributed by atoms with van der Waals surface area (Å²) in [7, 11) is 0. The van der Waals surface area contributed by atoms with Gasteiger partial charge in [-0.15, -0.1) is 11.6 Å². The van der Waals surface area contributed by atoms with Gasteiger partial charge in [-0.2, -0.15) is 0 Å². The summed E-state index contributed by atoms with van der Waals surface area (Å²) in [4.78, 5) is 4.24. The van der Waals surface area contributed by atoms with E-state index in [1.54, 1.807) is 0 Å². The van der Waals surface area contributed by atoms with Gasteiger partial charge in [0.05, 0.1) is 0 Å². The van der Waals surface area contributed by atoms with E-state index in [4.69, 9.17) is 0 Å². The van der Waals surface area contributed by atoms with Gasteiger partial charge in [-0.25, -0.2) is 0 Å². The fraction of sp³-hybridized carbons (Fsp3) is 0.286. The van der Waals surface area contributed by atoms with Gasteiger partial charge in [0.1, 0.15) is 0 Å². The zero-order valence-corrected chi connectivity index (χ0v) is 6.99. The Morgan fingerprint density at radius 2 is 2.11 bits per heavy atom. The summed E-state index contributed by atoms with van der Waals surface area (Å²) >= 11 is -0.640. The van der Waals surface area contributed by atoms with Crippen LogP contribution in [0.25, 0.3) is 0 Å². The number of nitrogens with zero attached hydrogens (tertiary/aromatic N) is 1. The lowest BCUT2D eigenvalue weighted by molar-refractivity contribution is 1.38. The predicted molar refractivity (Wildman–Crippen MR) is 41.4 cm³/mol. The number of hydrogen-bond acceptors (Lipinski definition) is 1. The Morgan fingerprint density at radius 1 is 1.33 bits per heavy atom. The minimum Gasteiger partial charge on any atom is -0.280 e. The molecule has 1 heterocycles. The van der Waals surface area contributed by atoms with Crippen LogP contribution >= 0.6 is 0 Å². The van der Waals surface area contributed by atoms with E-state index in [0.29, 0.717) is 0 Å². The van der Waals surface area contributed by atoms with Crippen molar-refractivity contribution in [3.63, 3.8) is 0 Å². The van der Waals surface area contributed by atoms with Crippen molar-refractivity contribution in [2.24, 2.45) is 0 Å². The highest BCUT2D eigenvalue weighted by molar-refractivity contribution is 6.69. The Bertz CT molecular complexity index is 172. The molecule has 0 saturated heterocycles. The summed E-state index contributed by atoms with van der Waals surface area (Å²) in [6.45, 7) is 0. The molecule has 9 heavy (non-hydrogen) atoms. The maximum Gasteiger partial charge on any atom is 0.330 e. The van der Waals surface area contributed by atoms with E-state index in [9.17, 15) is 0 Å². The Kier molecular flexibility index (Phi) is 2.27. The molecule has 0 unspecified atom stereocenters. The minimum atomic E-state index is -0.640. The molecule has 0 amide bonds. The predicted octanol–water partition coefficient (Wildman–Crippen LogP) is 1.04. The molecule has 46 valence electrons. The van der Waals surface area contributed by atoms with Crippen molar-refractivity contribution in [3.8, 4) is 0 Å². The fourth-order valence-corrected chi connectivity index (χ4v) is 1.60. The first-order valence-electron chi connectivity index (χ1n) is 3.21. The molecule has 0 aromatic carbocycles. The topological polar surface area (TPSA) is 12.9 Å². The van der Waals surface area contributed by atoms with Crippen LogP contribution in [0, 0.1) is 0 Å². The molecule has 0 spiro atoms. The van der Waals surface area contributed by atoms with Crippen molar-refractivity contribution in [2.45, 2.75) is 11.6 Å². The zero-order valence-electron chi connectivity index (χ0n) is 5.83. The van der Waals surface area contributed by atoms with Gasteiger partial charge < -0.3 is 0 Å². The van der Waals surface area contributed by atoms with Crippen LogP contribution in [0.2, 0.25) is 11.6 Å². The van der Waals surface area contributed by atoms with Crippen LogP contribution in [-0.2, 0) is 0 Å². The molecular weight excluding hydrogens is 125 g/mol. The Balaban J connectivity index is 2.85. The second kappa shape index (κ2) is 3.01. The Labute approximate surface area is 60.1 Å². The van der Waals surface area contributed by atoms with Gasteiger partial charge in [-0.05, 0) is 10.6 Å². The number of hydrogen-bond donors (Lipinski definition) is 0. The van der Waals surface area contributed by atoms with Crippen LogP contribution in [0.3, 0.4) is 0 Å². The Morgan fingerprint density at radius 3 is 2.44 bits per heavy atom. The molecule has 1 rings (SSSR count). The van der Waals surface area contributed by atoms with Gasteiger partial charge in [-0.3, -0.25) is 4.98 Å². The molecule has 0 aliphatic carbocycles. The van der Waals surface area contributed by atoms with Crippen LogP contribution in [0.15, 0.2) is 24.4 Å². The number of rotatable bonds is 1. The van der Waals surface area contributed by atoms with Crippen LogP contribution in [-0.4, -0.2) is 19.1 Å². The number of pyridine rings is 1. The fourth-order valence-electron chi connectivity index (χ4n) is 0.717. The van der Waals surface area contributed by atoms with E-state index in [2.05, 4.69) is 28.7 Å². The first kappa shape index (κ1) is 6.80. The molecule has 0 fully saturated rings. The minimum absolute atomic E-state index is 0.640. The van der Waals surface area contributed by atoms with E-state index in [0.717, 1.165) is 0 Å². The largest absolute Gasteiger partial charge is 0.330 e. The second-order valence-corrected chi connectivity index (χ2v) is 5.31. The molecule has 0 N–H and O–H groups in total. The molecule has 1 aromatic rings. The average molecular weight is 135 g/mol. The van der Waals surface area contributed by atoms with Crippen molar-refractivity contribution < 1.29 is 0 Å². The van der Waals surface area contributed by atoms with Crippen molar-refractivity contribution in [1.82, 2.24) is 4.98 Å². The van der Waals surface area contributed by atoms with E-state index in [1.807, 2.05) is 12.3 Å². The van der Waals surface area contributed by atoms with Gasteiger partial charge in [0.2, 0.25) is 0 Å². The van der Waals surface area contributed by atoms with Crippen LogP contribution in [0.5, 0.6) is 0 Å². The molecule has 0 bridgehead atoms. The number of aromatic nitrogens is 1. The van der Waals surface area contributed by atoms with Crippen molar-refractivity contribution in [3.05, 3.63) is 24.4 Å². The lowest BCUT2D eigenvalue weighted by Crippen LogP contribution is -2.25. The summed E-state index contributed by atoms with van der Waals surface area (Å²) < 4.78 is 1.30. The van der Waals surface area contributed by atoms with Gasteiger partial charge in [0.25, 0.3) is 0 Å². The highest BCUT2D eigenvalue weighted by atomic mass is 27.2. The third kappa shape index (κ3) is 1.82. The van der Waals surface area contributed by atoms with Gasteiger partial charge >= 0.3 is 14.1 Å². The quantitative estimate of drug-likeness (QED) is 0.524. The third-order valence-corrected chi connectivity index (χ3v) is 2.80. The van der Waals surface area contributed by atoms with Gasteiger partial charge in [-0.1, -0.05) is 12.1 Å². The van der Waals surface area contributed by atoms with Gasteiger partial charge in [0.15, 0.2) is 0 Å². The monoisotopic (exact) mass is 135 g/mol. The molecule has 0 saturated carbocycles. The summed E-state index contributed by atoms with van der Waals surface area (Å²) in [5.41, 5.74) is 0. The van der Waals surface area contributed by atoms with E-state index in [-0.39, 0.29) is 0 Å². The van der Waals surface area contributed by atoms with Crippen LogP contribution in [0.4, 0.5) is 0 Å². The molecule has 0 radical (unpaired) electrons. The van der Waals surface area contributed by atoms with Crippen molar-refractivity contribution >= 4 is 18.7 Å². The van der Waals surface area contributed by atoms with E-state index in [1.165, 1.54) is 4.56 Å². The highest BCUT2D eigenvalue weighted by Crippen LogP contribution is 1.81. The summed E-state index contributed by atoms with van der Waals surface area (Å²) in [5, 5.41) is 0. The maximum absolute atomic E-state index is 4.24. The van der Waals surface area contributed by atoms with Crippen LogP contribution in [0.1, 0.15) is 0 Å².